The Morgan fingerprint density at radius 1 is 0.938 bits per heavy atom. The van der Waals surface area contributed by atoms with Gasteiger partial charge in [0.05, 0.1) is 6.10 Å². The maximum atomic E-state index is 5.81. The minimum atomic E-state index is 0.961. The van der Waals surface area contributed by atoms with Gasteiger partial charge in [-0.05, 0) is 38.5 Å². The first-order chi connectivity index (χ1) is 7.93. The number of ether oxygens (including phenoxy) is 1. The molecule has 2 radical (unpaired) electrons. The van der Waals surface area contributed by atoms with E-state index in [-0.39, 0.29) is 0 Å². The number of unbranched alkanes of at least 4 members (excludes halogenated alkanes) is 6. The van der Waals surface area contributed by atoms with E-state index in [4.69, 9.17) is 4.74 Å². The van der Waals surface area contributed by atoms with E-state index in [9.17, 15) is 0 Å². The van der Waals surface area contributed by atoms with Gasteiger partial charge in [-0.25, -0.2) is 0 Å². The Morgan fingerprint density at radius 2 is 1.56 bits per heavy atom. The van der Waals surface area contributed by atoms with E-state index >= 15 is 0 Å². The van der Waals surface area contributed by atoms with Gasteiger partial charge in [-0.2, -0.15) is 0 Å². The quantitative estimate of drug-likeness (QED) is 0.497. The van der Waals surface area contributed by atoms with Crippen molar-refractivity contribution < 1.29 is 4.74 Å². The van der Waals surface area contributed by atoms with E-state index in [2.05, 4.69) is 13.3 Å². The van der Waals surface area contributed by atoms with E-state index in [1.807, 2.05) is 0 Å². The first kappa shape index (κ1) is 14.0. The summed E-state index contributed by atoms with van der Waals surface area (Å²) in [4.78, 5) is 0. The first-order valence-electron chi connectivity index (χ1n) is 7.22. The lowest BCUT2D eigenvalue weighted by Crippen LogP contribution is -2.09. The van der Waals surface area contributed by atoms with Crippen molar-refractivity contribution in [2.75, 3.05) is 6.61 Å². The average Bonchev–Trinajstić information content (AvgIpc) is 2.34. The molecule has 94 valence electrons. The highest BCUT2D eigenvalue weighted by Gasteiger charge is 2.14. The molecular weight excluding hydrogens is 196 g/mol. The van der Waals surface area contributed by atoms with Crippen molar-refractivity contribution >= 4 is 0 Å². The van der Waals surface area contributed by atoms with Gasteiger partial charge in [-0.3, -0.25) is 0 Å². The molecule has 0 unspecified atom stereocenters. The summed E-state index contributed by atoms with van der Waals surface area (Å²) in [6.07, 6.45) is 18.1. The van der Waals surface area contributed by atoms with Crippen LogP contribution in [0.25, 0.3) is 0 Å². The van der Waals surface area contributed by atoms with Crippen LogP contribution in [0.5, 0.6) is 0 Å². The van der Waals surface area contributed by atoms with Crippen molar-refractivity contribution in [1.29, 1.82) is 0 Å². The zero-order valence-electron chi connectivity index (χ0n) is 11.0. The SMILES string of the molecule is CCCCCCCCCO[C]1CC[CH]CC1. The van der Waals surface area contributed by atoms with Crippen LogP contribution in [0.3, 0.4) is 0 Å². The number of hydrogen-bond donors (Lipinski definition) is 0. The van der Waals surface area contributed by atoms with Crippen LogP contribution in [0.1, 0.15) is 77.6 Å². The Balaban J connectivity index is 1.77. The topological polar surface area (TPSA) is 9.23 Å². The van der Waals surface area contributed by atoms with Gasteiger partial charge in [0.2, 0.25) is 0 Å². The minimum Gasteiger partial charge on any atom is -0.372 e. The molecule has 0 aromatic heterocycles. The molecule has 1 aliphatic rings. The summed E-state index contributed by atoms with van der Waals surface area (Å²) in [7, 11) is 0. The molecule has 0 aromatic rings. The average molecular weight is 224 g/mol. The molecule has 1 heteroatoms. The summed E-state index contributed by atoms with van der Waals surface area (Å²) >= 11 is 0. The Morgan fingerprint density at radius 3 is 2.25 bits per heavy atom. The highest BCUT2D eigenvalue weighted by molar-refractivity contribution is 4.89. The molecule has 1 fully saturated rings. The van der Waals surface area contributed by atoms with Gasteiger partial charge in [0.25, 0.3) is 0 Å². The van der Waals surface area contributed by atoms with Crippen LogP contribution in [0.4, 0.5) is 0 Å². The monoisotopic (exact) mass is 224 g/mol. The summed E-state index contributed by atoms with van der Waals surface area (Å²) in [6.45, 7) is 3.23. The van der Waals surface area contributed by atoms with E-state index in [0.717, 1.165) is 6.61 Å². The van der Waals surface area contributed by atoms with E-state index in [1.165, 1.54) is 76.7 Å². The smallest absolute Gasteiger partial charge is 0.0970 e. The molecule has 1 rings (SSSR count). The van der Waals surface area contributed by atoms with Crippen molar-refractivity contribution in [2.45, 2.75) is 77.6 Å². The Labute approximate surface area is 102 Å². The predicted molar refractivity (Wildman–Crippen MR) is 70.0 cm³/mol. The van der Waals surface area contributed by atoms with Crippen molar-refractivity contribution in [2.24, 2.45) is 0 Å². The second kappa shape index (κ2) is 10.1. The van der Waals surface area contributed by atoms with Crippen molar-refractivity contribution in [3.8, 4) is 0 Å². The van der Waals surface area contributed by atoms with Gasteiger partial charge in [0, 0.05) is 6.61 Å². The zero-order chi connectivity index (χ0) is 11.5. The highest BCUT2D eigenvalue weighted by atomic mass is 16.5. The largest absolute Gasteiger partial charge is 0.372 e. The lowest BCUT2D eigenvalue weighted by Gasteiger charge is -2.20. The fourth-order valence-electron chi connectivity index (χ4n) is 2.22. The van der Waals surface area contributed by atoms with E-state index < -0.39 is 0 Å². The standard InChI is InChI=1S/C15H28O/c1-2-3-4-5-6-7-11-14-16-15-12-9-8-10-13-15/h8H,2-7,9-14H2,1H3. The van der Waals surface area contributed by atoms with Crippen LogP contribution in [0, 0.1) is 12.5 Å². The van der Waals surface area contributed by atoms with Crippen molar-refractivity contribution in [1.82, 2.24) is 0 Å². The Kier molecular flexibility index (Phi) is 8.88. The molecular formula is C15H28O. The summed E-state index contributed by atoms with van der Waals surface area (Å²) in [6, 6.07) is 0. The predicted octanol–water partition coefficient (Wildman–Crippen LogP) is 5.06. The van der Waals surface area contributed by atoms with E-state index in [0.29, 0.717) is 0 Å². The third kappa shape index (κ3) is 7.27. The van der Waals surface area contributed by atoms with E-state index in [1.54, 1.807) is 0 Å². The van der Waals surface area contributed by atoms with Crippen molar-refractivity contribution in [3.05, 3.63) is 12.5 Å². The maximum Gasteiger partial charge on any atom is 0.0970 e. The molecule has 0 heterocycles. The molecule has 0 amide bonds. The summed E-state index contributed by atoms with van der Waals surface area (Å²) in [5.74, 6) is 0. The number of rotatable bonds is 9. The van der Waals surface area contributed by atoms with Crippen LogP contribution in [-0.4, -0.2) is 6.61 Å². The molecule has 0 N–H and O–H groups in total. The third-order valence-corrected chi connectivity index (χ3v) is 3.31. The fraction of sp³-hybridized carbons (Fsp3) is 0.867. The van der Waals surface area contributed by atoms with Gasteiger partial charge < -0.3 is 4.74 Å². The van der Waals surface area contributed by atoms with Crippen LogP contribution in [0.2, 0.25) is 0 Å². The maximum absolute atomic E-state index is 5.81. The van der Waals surface area contributed by atoms with Gasteiger partial charge in [0.15, 0.2) is 0 Å². The molecule has 1 aliphatic carbocycles. The molecule has 0 atom stereocenters. The summed E-state index contributed by atoms with van der Waals surface area (Å²) < 4.78 is 5.81. The lowest BCUT2D eigenvalue weighted by atomic mass is 9.98. The first-order valence-corrected chi connectivity index (χ1v) is 7.22. The highest BCUT2D eigenvalue weighted by Crippen LogP contribution is 2.25. The third-order valence-electron chi connectivity index (χ3n) is 3.31. The van der Waals surface area contributed by atoms with Crippen LogP contribution < -0.4 is 0 Å². The molecule has 0 saturated heterocycles. The molecule has 0 aromatic carbocycles. The summed E-state index contributed by atoms with van der Waals surface area (Å²) in [5.41, 5.74) is 0. The fourth-order valence-corrected chi connectivity index (χ4v) is 2.22. The molecule has 0 aliphatic heterocycles. The van der Waals surface area contributed by atoms with Gasteiger partial charge in [0.1, 0.15) is 0 Å². The molecule has 16 heavy (non-hydrogen) atoms. The van der Waals surface area contributed by atoms with Crippen LogP contribution in [0.15, 0.2) is 0 Å². The van der Waals surface area contributed by atoms with Gasteiger partial charge in [-0.1, -0.05) is 45.4 Å². The summed E-state index contributed by atoms with van der Waals surface area (Å²) in [5, 5.41) is 0. The second-order valence-corrected chi connectivity index (χ2v) is 4.87. The second-order valence-electron chi connectivity index (χ2n) is 4.87. The molecule has 0 spiro atoms. The van der Waals surface area contributed by atoms with Crippen molar-refractivity contribution in [3.63, 3.8) is 0 Å². The van der Waals surface area contributed by atoms with Gasteiger partial charge in [-0.15, -0.1) is 0 Å². The van der Waals surface area contributed by atoms with Crippen LogP contribution in [-0.2, 0) is 4.74 Å². The normalized spacial score (nSPS) is 17.8. The Bertz CT molecular complexity index is 138. The zero-order valence-corrected chi connectivity index (χ0v) is 11.0. The molecule has 1 nitrogen and oxygen atoms in total. The molecule has 1 saturated carbocycles. The van der Waals surface area contributed by atoms with Gasteiger partial charge >= 0.3 is 0 Å². The minimum absolute atomic E-state index is 0.961. The lowest BCUT2D eigenvalue weighted by molar-refractivity contribution is 0.116. The number of hydrogen-bond acceptors (Lipinski definition) is 1. The Hall–Kier alpha value is -0.0400. The molecule has 0 bridgehead atoms. The van der Waals surface area contributed by atoms with Crippen LogP contribution >= 0.6 is 0 Å².